The second-order valence-corrected chi connectivity index (χ2v) is 9.42. The van der Waals surface area contributed by atoms with E-state index in [1.807, 2.05) is 45.0 Å². The average molecular weight is 511 g/mol. The van der Waals surface area contributed by atoms with Gasteiger partial charge >= 0.3 is 5.97 Å². The number of aliphatic carboxylic acids is 1. The van der Waals surface area contributed by atoms with E-state index >= 15 is 0 Å². The number of carbonyl (C=O) groups excluding carboxylic acids is 1. The molecule has 0 spiro atoms. The van der Waals surface area contributed by atoms with Gasteiger partial charge < -0.3 is 10.4 Å². The normalized spacial score (nSPS) is 9.92. The maximum Gasteiger partial charge on any atom is 0.309 e. The molecule has 0 unspecified atom stereocenters. The van der Waals surface area contributed by atoms with Gasteiger partial charge in [0, 0.05) is 23.2 Å². The second-order valence-electron chi connectivity index (χ2n) is 8.36. The summed E-state index contributed by atoms with van der Waals surface area (Å²) in [5, 5.41) is 14.6. The summed E-state index contributed by atoms with van der Waals surface area (Å²) < 4.78 is 0. The van der Waals surface area contributed by atoms with Gasteiger partial charge in [0.2, 0.25) is 0 Å². The summed E-state index contributed by atoms with van der Waals surface area (Å²) in [4.78, 5) is 25.5. The molecule has 0 aliphatic carbocycles. The quantitative estimate of drug-likeness (QED) is 0.190. The largest absolute Gasteiger partial charge is 0.481 e. The van der Waals surface area contributed by atoms with Crippen LogP contribution in [0.25, 0.3) is 0 Å². The molecule has 0 saturated heterocycles. The molecule has 0 radical (unpaired) electrons. The monoisotopic (exact) mass is 510 g/mol. The molecule has 5 nitrogen and oxygen atoms in total. The van der Waals surface area contributed by atoms with Crippen LogP contribution in [0.3, 0.4) is 0 Å². The van der Waals surface area contributed by atoms with E-state index < -0.39 is 5.97 Å². The maximum atomic E-state index is 11.3. The number of anilines is 1. The molecule has 2 aromatic carbocycles. The zero-order valence-corrected chi connectivity index (χ0v) is 23.3. The lowest BCUT2D eigenvalue weighted by atomic mass is 10.0. The first-order chi connectivity index (χ1) is 17.4. The molecule has 3 rings (SSSR count). The van der Waals surface area contributed by atoms with Crippen molar-refractivity contribution in [3.63, 3.8) is 0 Å². The van der Waals surface area contributed by atoms with Gasteiger partial charge in [0.25, 0.3) is 0 Å². The van der Waals surface area contributed by atoms with Gasteiger partial charge in [-0.15, -0.1) is 11.3 Å². The Morgan fingerprint density at radius 2 is 1.64 bits per heavy atom. The van der Waals surface area contributed by atoms with Crippen LogP contribution in [0.5, 0.6) is 0 Å². The van der Waals surface area contributed by atoms with E-state index in [4.69, 9.17) is 5.11 Å². The Morgan fingerprint density at radius 1 is 0.972 bits per heavy atom. The van der Waals surface area contributed by atoms with Crippen LogP contribution in [-0.2, 0) is 24.2 Å². The summed E-state index contributed by atoms with van der Waals surface area (Å²) in [6.07, 6.45) is 7.71. The second kappa shape index (κ2) is 18.3. The number of ketones is 1. The first kappa shape index (κ1) is 31.0. The number of aryl methyl sites for hydroxylation is 2. The summed E-state index contributed by atoms with van der Waals surface area (Å²) in [5.74, 6) is -0.715. The molecule has 3 aromatic rings. The molecule has 6 heteroatoms. The van der Waals surface area contributed by atoms with Crippen LogP contribution < -0.4 is 5.32 Å². The number of thiazole rings is 1. The predicted octanol–water partition coefficient (Wildman–Crippen LogP) is 8.12. The maximum absolute atomic E-state index is 11.3. The number of nitrogens with one attached hydrogen (secondary N) is 1. The van der Waals surface area contributed by atoms with Crippen molar-refractivity contribution in [2.24, 2.45) is 0 Å². The number of aromatic nitrogens is 1. The van der Waals surface area contributed by atoms with Crippen molar-refractivity contribution in [1.29, 1.82) is 0 Å². The Hall–Kier alpha value is -2.99. The number of carbonyl (C=O) groups is 2. The van der Waals surface area contributed by atoms with Crippen LogP contribution in [0.1, 0.15) is 92.0 Å². The summed E-state index contributed by atoms with van der Waals surface area (Å²) in [6.45, 7) is 10.5. The summed E-state index contributed by atoms with van der Waals surface area (Å²) in [6, 6.07) is 16.4. The van der Waals surface area contributed by atoms with Gasteiger partial charge in [-0.05, 0) is 43.9 Å². The molecule has 0 bridgehead atoms. The van der Waals surface area contributed by atoms with E-state index in [0.29, 0.717) is 5.69 Å². The van der Waals surface area contributed by atoms with E-state index in [9.17, 15) is 9.59 Å². The number of benzene rings is 2. The van der Waals surface area contributed by atoms with E-state index in [0.717, 1.165) is 23.5 Å². The first-order valence-electron chi connectivity index (χ1n) is 12.9. The van der Waals surface area contributed by atoms with Gasteiger partial charge in [-0.3, -0.25) is 9.59 Å². The number of carboxylic acids is 1. The number of hydrogen-bond acceptors (Lipinski definition) is 5. The third kappa shape index (κ3) is 12.6. The SMILES string of the molecule is CC.CCCCCCCc1ccccc1NCc1ccc(C(C)=O)cc1.Cc1nc(CC(=O)O)cs1. The van der Waals surface area contributed by atoms with Crippen molar-refractivity contribution in [3.8, 4) is 0 Å². The van der Waals surface area contributed by atoms with Crippen LogP contribution in [0, 0.1) is 6.92 Å². The molecule has 0 atom stereocenters. The van der Waals surface area contributed by atoms with Crippen molar-refractivity contribution < 1.29 is 14.7 Å². The standard InChI is InChI=1S/C22H29NO.C6H7NO2S.C2H6/c1-3-4-5-6-7-10-21-11-8-9-12-22(21)23-17-19-13-15-20(16-14-19)18(2)24;1-4-7-5(3-10-4)2-6(8)9;1-2/h8-9,11-16,23H,3-7,10,17H2,1-2H3;3H,2H2,1H3,(H,8,9);1-2H3. The van der Waals surface area contributed by atoms with E-state index in [-0.39, 0.29) is 12.2 Å². The highest BCUT2D eigenvalue weighted by Gasteiger charge is 2.04. The number of rotatable bonds is 12. The number of unbranched alkanes of at least 4 members (excludes halogenated alkanes) is 4. The fourth-order valence-corrected chi connectivity index (χ4v) is 4.14. The molecule has 0 amide bonds. The van der Waals surface area contributed by atoms with E-state index in [2.05, 4.69) is 41.5 Å². The zero-order chi connectivity index (χ0) is 26.8. The van der Waals surface area contributed by atoms with Gasteiger partial charge in [0.05, 0.1) is 17.1 Å². The van der Waals surface area contributed by atoms with Gasteiger partial charge in [-0.2, -0.15) is 0 Å². The Bertz CT molecular complexity index is 1030. The average Bonchev–Trinajstić information content (AvgIpc) is 3.28. The molecule has 36 heavy (non-hydrogen) atoms. The Balaban J connectivity index is 0.000000450. The first-order valence-corrected chi connectivity index (χ1v) is 13.8. The number of hydrogen-bond donors (Lipinski definition) is 2. The lowest BCUT2D eigenvalue weighted by molar-refractivity contribution is -0.136. The van der Waals surface area contributed by atoms with Crippen LogP contribution in [0.15, 0.2) is 53.9 Å². The zero-order valence-electron chi connectivity index (χ0n) is 22.5. The Kier molecular flexibility index (Phi) is 15.8. The van der Waals surface area contributed by atoms with Gasteiger partial charge in [-0.25, -0.2) is 4.98 Å². The molecular weight excluding hydrogens is 468 g/mol. The third-order valence-electron chi connectivity index (χ3n) is 5.41. The molecule has 1 heterocycles. The molecule has 2 N–H and O–H groups in total. The predicted molar refractivity (Wildman–Crippen MR) is 152 cm³/mol. The topological polar surface area (TPSA) is 79.3 Å². The van der Waals surface area contributed by atoms with Crippen molar-refractivity contribution in [2.45, 2.75) is 86.1 Å². The fraction of sp³-hybridized carbons (Fsp3) is 0.433. The molecular formula is C30H42N2O3S. The molecule has 0 aliphatic heterocycles. The minimum atomic E-state index is -0.828. The molecule has 0 saturated carbocycles. The molecule has 1 aromatic heterocycles. The minimum Gasteiger partial charge on any atom is -0.481 e. The van der Waals surface area contributed by atoms with E-state index in [1.54, 1.807) is 12.3 Å². The highest BCUT2D eigenvalue weighted by molar-refractivity contribution is 7.09. The fourth-order valence-electron chi connectivity index (χ4n) is 3.53. The van der Waals surface area contributed by atoms with Gasteiger partial charge in [-0.1, -0.05) is 88.9 Å². The highest BCUT2D eigenvalue weighted by atomic mass is 32.1. The smallest absolute Gasteiger partial charge is 0.309 e. The summed E-state index contributed by atoms with van der Waals surface area (Å²) in [7, 11) is 0. The van der Waals surface area contributed by atoms with Crippen LogP contribution in [-0.4, -0.2) is 21.8 Å². The molecule has 0 fully saturated rings. The van der Waals surface area contributed by atoms with Gasteiger partial charge in [0.1, 0.15) is 0 Å². The molecule has 196 valence electrons. The van der Waals surface area contributed by atoms with Crippen molar-refractivity contribution in [3.05, 3.63) is 81.3 Å². The number of carboxylic acid groups (broad SMARTS) is 1. The summed E-state index contributed by atoms with van der Waals surface area (Å²) in [5.41, 5.74) is 5.23. The van der Waals surface area contributed by atoms with Crippen molar-refractivity contribution in [1.82, 2.24) is 4.98 Å². The number of nitrogens with zero attached hydrogens (tertiary/aromatic N) is 1. The van der Waals surface area contributed by atoms with Crippen LogP contribution >= 0.6 is 11.3 Å². The van der Waals surface area contributed by atoms with E-state index in [1.165, 1.54) is 60.3 Å². The third-order valence-corrected chi connectivity index (χ3v) is 6.23. The van der Waals surface area contributed by atoms with Crippen LogP contribution in [0.4, 0.5) is 5.69 Å². The number of Topliss-reactive ketones (excluding diaryl/α,β-unsaturated/α-hetero) is 1. The molecule has 0 aliphatic rings. The lowest BCUT2D eigenvalue weighted by Gasteiger charge is -2.12. The van der Waals surface area contributed by atoms with Crippen molar-refractivity contribution >= 4 is 28.8 Å². The summed E-state index contributed by atoms with van der Waals surface area (Å²) >= 11 is 1.47. The van der Waals surface area contributed by atoms with Gasteiger partial charge in [0.15, 0.2) is 5.78 Å². The Labute approximate surface area is 221 Å². The number of para-hydroxylation sites is 1. The highest BCUT2D eigenvalue weighted by Crippen LogP contribution is 2.19. The lowest BCUT2D eigenvalue weighted by Crippen LogP contribution is -2.03. The minimum absolute atomic E-state index is 0.0321. The van der Waals surface area contributed by atoms with Crippen LogP contribution in [0.2, 0.25) is 0 Å². The Morgan fingerprint density at radius 3 is 2.22 bits per heavy atom. The van der Waals surface area contributed by atoms with Crippen molar-refractivity contribution in [2.75, 3.05) is 5.32 Å².